The van der Waals surface area contributed by atoms with Gasteiger partial charge < -0.3 is 4.74 Å². The molecule has 0 radical (unpaired) electrons. The Kier molecular flexibility index (Phi) is 5.53. The molecule has 1 aromatic rings. The molecule has 88 valence electrons. The minimum absolute atomic E-state index is 0.164. The number of ketones is 1. The van der Waals surface area contributed by atoms with Crippen molar-refractivity contribution in [1.82, 2.24) is 0 Å². The van der Waals surface area contributed by atoms with Crippen LogP contribution in [-0.2, 0) is 4.79 Å². The van der Waals surface area contributed by atoms with Crippen molar-refractivity contribution in [3.63, 3.8) is 0 Å². The van der Waals surface area contributed by atoms with Gasteiger partial charge in [-0.2, -0.15) is 0 Å². The minimum Gasteiger partial charge on any atom is -0.481 e. The zero-order valence-corrected chi connectivity index (χ0v) is 11.3. The molecule has 3 heteroatoms. The summed E-state index contributed by atoms with van der Waals surface area (Å²) in [4.78, 5) is 11.7. The van der Waals surface area contributed by atoms with Crippen LogP contribution in [0.15, 0.2) is 28.7 Å². The molecular formula is C13H17BrO2. The molecule has 0 N–H and O–H groups in total. The molecule has 0 fully saturated rings. The van der Waals surface area contributed by atoms with Crippen LogP contribution in [0.2, 0.25) is 0 Å². The number of halogens is 1. The number of hydrogen-bond donors (Lipinski definition) is 0. The van der Waals surface area contributed by atoms with Crippen molar-refractivity contribution >= 4 is 21.7 Å². The van der Waals surface area contributed by atoms with Crippen molar-refractivity contribution in [2.24, 2.45) is 0 Å². The summed E-state index contributed by atoms with van der Waals surface area (Å²) in [6, 6.07) is 7.61. The lowest BCUT2D eigenvalue weighted by Gasteiger charge is -2.17. The van der Waals surface area contributed by atoms with Gasteiger partial charge in [-0.15, -0.1) is 0 Å². The molecule has 0 aliphatic carbocycles. The van der Waals surface area contributed by atoms with Crippen LogP contribution in [0.3, 0.4) is 0 Å². The zero-order valence-electron chi connectivity index (χ0n) is 9.70. The Balaban J connectivity index is 2.75. The molecule has 0 aliphatic heterocycles. The molecule has 1 unspecified atom stereocenters. The van der Waals surface area contributed by atoms with Gasteiger partial charge in [0, 0.05) is 6.42 Å². The number of benzene rings is 1. The Morgan fingerprint density at radius 1 is 1.38 bits per heavy atom. The van der Waals surface area contributed by atoms with Crippen LogP contribution in [0.5, 0.6) is 5.75 Å². The third-order valence-electron chi connectivity index (χ3n) is 2.36. The Hall–Kier alpha value is -0.830. The van der Waals surface area contributed by atoms with Gasteiger partial charge in [0.25, 0.3) is 0 Å². The van der Waals surface area contributed by atoms with E-state index in [4.69, 9.17) is 4.74 Å². The monoisotopic (exact) mass is 284 g/mol. The van der Waals surface area contributed by atoms with Crippen molar-refractivity contribution in [2.45, 2.75) is 39.2 Å². The SMILES string of the molecule is CCCC(Oc1ccccc1Br)C(=O)CC. The first-order valence-corrected chi connectivity index (χ1v) is 6.42. The molecule has 0 saturated heterocycles. The van der Waals surface area contributed by atoms with Crippen LogP contribution in [0, 0.1) is 0 Å². The summed E-state index contributed by atoms with van der Waals surface area (Å²) in [5.74, 6) is 0.903. The van der Waals surface area contributed by atoms with Gasteiger partial charge in [-0.25, -0.2) is 0 Å². The van der Waals surface area contributed by atoms with Gasteiger partial charge in [0.15, 0.2) is 11.9 Å². The summed E-state index contributed by atoms with van der Waals surface area (Å²) in [7, 11) is 0. The topological polar surface area (TPSA) is 26.3 Å². The first-order chi connectivity index (χ1) is 7.69. The average molecular weight is 285 g/mol. The van der Waals surface area contributed by atoms with E-state index in [1.807, 2.05) is 31.2 Å². The van der Waals surface area contributed by atoms with Crippen LogP contribution in [-0.4, -0.2) is 11.9 Å². The molecule has 1 rings (SSSR count). The standard InChI is InChI=1S/C13H17BrO2/c1-3-7-13(11(15)4-2)16-12-9-6-5-8-10(12)14/h5-6,8-9,13H,3-4,7H2,1-2H3. The Labute approximate surface area is 105 Å². The molecule has 2 nitrogen and oxygen atoms in total. The van der Waals surface area contributed by atoms with Crippen LogP contribution in [0.4, 0.5) is 0 Å². The van der Waals surface area contributed by atoms with Crippen molar-refractivity contribution < 1.29 is 9.53 Å². The molecule has 0 bridgehead atoms. The maximum Gasteiger partial charge on any atom is 0.173 e. The predicted octanol–water partition coefficient (Wildman–Crippen LogP) is 3.98. The number of ether oxygens (including phenoxy) is 1. The minimum atomic E-state index is -0.311. The molecule has 16 heavy (non-hydrogen) atoms. The average Bonchev–Trinajstić information content (AvgIpc) is 2.30. The molecular weight excluding hydrogens is 268 g/mol. The van der Waals surface area contributed by atoms with Crippen LogP contribution in [0.1, 0.15) is 33.1 Å². The van der Waals surface area contributed by atoms with Crippen LogP contribution in [0.25, 0.3) is 0 Å². The van der Waals surface area contributed by atoms with Gasteiger partial charge in [0.05, 0.1) is 4.47 Å². The smallest absolute Gasteiger partial charge is 0.173 e. The Morgan fingerprint density at radius 2 is 2.06 bits per heavy atom. The van der Waals surface area contributed by atoms with E-state index in [1.165, 1.54) is 0 Å². The van der Waals surface area contributed by atoms with Crippen molar-refractivity contribution in [3.05, 3.63) is 28.7 Å². The largest absolute Gasteiger partial charge is 0.481 e. The van der Waals surface area contributed by atoms with Gasteiger partial charge in [0.2, 0.25) is 0 Å². The first-order valence-electron chi connectivity index (χ1n) is 5.62. The Bertz CT molecular complexity index is 350. The maximum atomic E-state index is 11.7. The van der Waals surface area contributed by atoms with E-state index in [9.17, 15) is 4.79 Å². The highest BCUT2D eigenvalue weighted by atomic mass is 79.9. The predicted molar refractivity (Wildman–Crippen MR) is 68.8 cm³/mol. The van der Waals surface area contributed by atoms with Crippen molar-refractivity contribution in [3.8, 4) is 5.75 Å². The summed E-state index contributed by atoms with van der Waals surface area (Å²) < 4.78 is 6.63. The molecule has 0 aliphatic rings. The number of carbonyl (C=O) groups excluding carboxylic acids is 1. The normalized spacial score (nSPS) is 12.2. The summed E-state index contributed by atoms with van der Waals surface area (Å²) in [6.45, 7) is 3.92. The highest BCUT2D eigenvalue weighted by Gasteiger charge is 2.18. The zero-order chi connectivity index (χ0) is 12.0. The van der Waals surface area contributed by atoms with Crippen molar-refractivity contribution in [1.29, 1.82) is 0 Å². The molecule has 1 aromatic carbocycles. The number of hydrogen-bond acceptors (Lipinski definition) is 2. The van der Waals surface area contributed by atoms with E-state index in [1.54, 1.807) is 0 Å². The third-order valence-corrected chi connectivity index (χ3v) is 3.02. The van der Waals surface area contributed by atoms with Crippen molar-refractivity contribution in [2.75, 3.05) is 0 Å². The summed E-state index contributed by atoms with van der Waals surface area (Å²) >= 11 is 3.41. The van der Waals surface area contributed by atoms with E-state index in [0.717, 1.165) is 23.1 Å². The maximum absolute atomic E-state index is 11.7. The van der Waals surface area contributed by atoms with Crippen LogP contribution >= 0.6 is 15.9 Å². The Morgan fingerprint density at radius 3 is 2.62 bits per heavy atom. The first kappa shape index (κ1) is 13.2. The van der Waals surface area contributed by atoms with E-state index >= 15 is 0 Å². The second-order valence-corrected chi connectivity index (χ2v) is 4.50. The second-order valence-electron chi connectivity index (χ2n) is 3.65. The number of para-hydroxylation sites is 1. The fourth-order valence-electron chi connectivity index (χ4n) is 1.47. The summed E-state index contributed by atoms with van der Waals surface area (Å²) in [5, 5.41) is 0. The lowest BCUT2D eigenvalue weighted by atomic mass is 10.1. The second kappa shape index (κ2) is 6.69. The molecule has 1 atom stereocenters. The van der Waals surface area contributed by atoms with Gasteiger partial charge in [0.1, 0.15) is 5.75 Å². The quantitative estimate of drug-likeness (QED) is 0.790. The molecule has 0 spiro atoms. The number of Topliss-reactive ketones (excluding diaryl/α,β-unsaturated/α-hetero) is 1. The van der Waals surface area contributed by atoms with E-state index in [0.29, 0.717) is 6.42 Å². The highest BCUT2D eigenvalue weighted by Crippen LogP contribution is 2.26. The fourth-order valence-corrected chi connectivity index (χ4v) is 1.85. The number of rotatable bonds is 6. The summed E-state index contributed by atoms with van der Waals surface area (Å²) in [5.41, 5.74) is 0. The highest BCUT2D eigenvalue weighted by molar-refractivity contribution is 9.10. The van der Waals surface area contributed by atoms with E-state index in [-0.39, 0.29) is 11.9 Å². The van der Waals surface area contributed by atoms with Gasteiger partial charge >= 0.3 is 0 Å². The molecule has 0 aromatic heterocycles. The van der Waals surface area contributed by atoms with Crippen LogP contribution < -0.4 is 4.74 Å². The van der Waals surface area contributed by atoms with E-state index in [2.05, 4.69) is 22.9 Å². The van der Waals surface area contributed by atoms with Gasteiger partial charge in [-0.1, -0.05) is 32.4 Å². The molecule has 0 saturated carbocycles. The third kappa shape index (κ3) is 3.63. The number of carbonyl (C=O) groups is 1. The van der Waals surface area contributed by atoms with Gasteiger partial charge in [-0.3, -0.25) is 4.79 Å². The van der Waals surface area contributed by atoms with Gasteiger partial charge in [-0.05, 0) is 34.5 Å². The summed E-state index contributed by atoms with van der Waals surface area (Å²) in [6.07, 6.45) is 1.93. The lowest BCUT2D eigenvalue weighted by molar-refractivity contribution is -0.125. The molecule has 0 heterocycles. The van der Waals surface area contributed by atoms with E-state index < -0.39 is 0 Å². The molecule has 0 amide bonds. The fraction of sp³-hybridized carbons (Fsp3) is 0.462. The lowest BCUT2D eigenvalue weighted by Crippen LogP contribution is -2.26.